The lowest BCUT2D eigenvalue weighted by Crippen LogP contribution is -2.50. The Balaban J connectivity index is 2.70. The summed E-state index contributed by atoms with van der Waals surface area (Å²) in [5.74, 6) is -0.272. The number of carbonyl (C=O) groups is 1. The van der Waals surface area contributed by atoms with Gasteiger partial charge in [-0.25, -0.2) is 4.39 Å². The van der Waals surface area contributed by atoms with Crippen LogP contribution in [0.5, 0.6) is 0 Å². The minimum absolute atomic E-state index is 0.183. The molecule has 0 spiro atoms. The minimum atomic E-state index is -1.30. The molecule has 3 heteroatoms. The van der Waals surface area contributed by atoms with Gasteiger partial charge in [0.1, 0.15) is 0 Å². The average Bonchev–Trinajstić information content (AvgIpc) is 1.83. The first-order valence-electron chi connectivity index (χ1n) is 3.43. The molecule has 0 saturated carbocycles. The zero-order valence-corrected chi connectivity index (χ0v) is 6.28. The van der Waals surface area contributed by atoms with Crippen LogP contribution in [0.15, 0.2) is 0 Å². The molecule has 1 aliphatic rings. The van der Waals surface area contributed by atoms with Crippen LogP contribution < -0.4 is 5.32 Å². The summed E-state index contributed by atoms with van der Waals surface area (Å²) in [5, 5.41) is 2.86. The van der Waals surface area contributed by atoms with E-state index in [4.69, 9.17) is 0 Å². The lowest BCUT2D eigenvalue weighted by atomic mass is 9.83. The van der Waals surface area contributed by atoms with Crippen molar-refractivity contribution < 1.29 is 9.18 Å². The molecule has 1 heterocycles. The third-order valence-corrected chi connectivity index (χ3v) is 1.84. The molecule has 1 unspecified atom stereocenters. The highest BCUT2D eigenvalue weighted by Gasteiger charge is 2.37. The van der Waals surface area contributed by atoms with E-state index in [0.717, 1.165) is 0 Å². The molecule has 1 rings (SSSR count). The van der Waals surface area contributed by atoms with Gasteiger partial charge in [0.05, 0.1) is 0 Å². The fraction of sp³-hybridized carbons (Fsp3) is 0.857. The molecule has 0 radical (unpaired) electrons. The monoisotopic (exact) mass is 145 g/mol. The van der Waals surface area contributed by atoms with E-state index in [1.165, 1.54) is 0 Å². The normalized spacial score (nSPS) is 32.3. The molecule has 0 aromatic heterocycles. The van der Waals surface area contributed by atoms with Gasteiger partial charge >= 0.3 is 0 Å². The summed E-state index contributed by atoms with van der Waals surface area (Å²) < 4.78 is 12.7. The SMILES string of the molecule is CC1(C)CNCC(F)C1=O. The largest absolute Gasteiger partial charge is 0.312 e. The summed E-state index contributed by atoms with van der Waals surface area (Å²) in [4.78, 5) is 11.0. The molecule has 10 heavy (non-hydrogen) atoms. The molecule has 0 aromatic rings. The van der Waals surface area contributed by atoms with Crippen molar-refractivity contribution in [3.8, 4) is 0 Å². The van der Waals surface area contributed by atoms with Crippen LogP contribution in [0.25, 0.3) is 0 Å². The van der Waals surface area contributed by atoms with Gasteiger partial charge in [-0.3, -0.25) is 4.79 Å². The Labute approximate surface area is 59.8 Å². The van der Waals surface area contributed by atoms with Gasteiger partial charge in [-0.05, 0) is 0 Å². The Hall–Kier alpha value is -0.440. The van der Waals surface area contributed by atoms with Crippen LogP contribution in [0.1, 0.15) is 13.8 Å². The maximum absolute atomic E-state index is 12.7. The van der Waals surface area contributed by atoms with Crippen LogP contribution in [0.3, 0.4) is 0 Å². The molecule has 1 atom stereocenters. The molecule has 0 aliphatic carbocycles. The summed E-state index contributed by atoms with van der Waals surface area (Å²) in [6.07, 6.45) is -1.30. The van der Waals surface area contributed by atoms with Crippen LogP contribution >= 0.6 is 0 Å². The van der Waals surface area contributed by atoms with Crippen molar-refractivity contribution >= 4 is 5.78 Å². The third kappa shape index (κ3) is 1.19. The van der Waals surface area contributed by atoms with Gasteiger partial charge in [0, 0.05) is 18.5 Å². The molecular formula is C7H12FNO. The van der Waals surface area contributed by atoms with Crippen LogP contribution in [-0.4, -0.2) is 25.0 Å². The van der Waals surface area contributed by atoms with Crippen LogP contribution in [0, 0.1) is 5.41 Å². The van der Waals surface area contributed by atoms with Crippen molar-refractivity contribution in [1.82, 2.24) is 5.32 Å². The predicted octanol–water partition coefficient (Wildman–Crippen LogP) is 0.523. The number of alkyl halides is 1. The predicted molar refractivity (Wildman–Crippen MR) is 36.6 cm³/mol. The zero-order chi connectivity index (χ0) is 7.78. The van der Waals surface area contributed by atoms with E-state index in [2.05, 4.69) is 5.32 Å². The lowest BCUT2D eigenvalue weighted by Gasteiger charge is -2.30. The van der Waals surface area contributed by atoms with E-state index in [1.54, 1.807) is 13.8 Å². The Morgan fingerprint density at radius 3 is 2.70 bits per heavy atom. The molecule has 58 valence electrons. The fourth-order valence-electron chi connectivity index (χ4n) is 1.12. The second-order valence-corrected chi connectivity index (χ2v) is 3.35. The van der Waals surface area contributed by atoms with E-state index in [0.29, 0.717) is 6.54 Å². The molecular weight excluding hydrogens is 133 g/mol. The highest BCUT2D eigenvalue weighted by atomic mass is 19.1. The van der Waals surface area contributed by atoms with E-state index < -0.39 is 11.6 Å². The zero-order valence-electron chi connectivity index (χ0n) is 6.28. The van der Waals surface area contributed by atoms with Gasteiger partial charge in [-0.2, -0.15) is 0 Å². The number of piperidine rings is 1. The first kappa shape index (κ1) is 7.66. The van der Waals surface area contributed by atoms with Gasteiger partial charge in [0.15, 0.2) is 12.0 Å². The van der Waals surface area contributed by atoms with E-state index in [-0.39, 0.29) is 12.3 Å². The number of hydrogen-bond donors (Lipinski definition) is 1. The molecule has 0 aromatic carbocycles. The maximum atomic E-state index is 12.7. The first-order valence-corrected chi connectivity index (χ1v) is 3.43. The summed E-state index contributed by atoms with van der Waals surface area (Å²) in [7, 11) is 0. The Morgan fingerprint density at radius 2 is 2.30 bits per heavy atom. The number of Topliss-reactive ketones (excluding diaryl/α,β-unsaturated/α-hetero) is 1. The third-order valence-electron chi connectivity index (χ3n) is 1.84. The Kier molecular flexibility index (Phi) is 1.77. The minimum Gasteiger partial charge on any atom is -0.312 e. The van der Waals surface area contributed by atoms with Crippen LogP contribution in [0.2, 0.25) is 0 Å². The Morgan fingerprint density at radius 1 is 1.70 bits per heavy atom. The van der Waals surface area contributed by atoms with Crippen molar-refractivity contribution in [1.29, 1.82) is 0 Å². The maximum Gasteiger partial charge on any atom is 0.175 e. The van der Waals surface area contributed by atoms with E-state index in [1.807, 2.05) is 0 Å². The quantitative estimate of drug-likeness (QED) is 0.538. The average molecular weight is 145 g/mol. The Bertz CT molecular complexity index is 156. The number of ketones is 1. The molecule has 1 N–H and O–H groups in total. The van der Waals surface area contributed by atoms with Crippen molar-refractivity contribution in [2.45, 2.75) is 20.0 Å². The standard InChI is InChI=1S/C7H12FNO/c1-7(2)4-9-3-5(8)6(7)10/h5,9H,3-4H2,1-2H3. The van der Waals surface area contributed by atoms with Crippen molar-refractivity contribution in [2.24, 2.45) is 5.41 Å². The summed E-state index contributed by atoms with van der Waals surface area (Å²) >= 11 is 0. The summed E-state index contributed by atoms with van der Waals surface area (Å²) in [6.45, 7) is 4.29. The van der Waals surface area contributed by atoms with Crippen LogP contribution in [-0.2, 0) is 4.79 Å². The lowest BCUT2D eigenvalue weighted by molar-refractivity contribution is -0.134. The molecule has 1 aliphatic heterocycles. The van der Waals surface area contributed by atoms with Gasteiger partial charge < -0.3 is 5.32 Å². The number of rotatable bonds is 0. The molecule has 2 nitrogen and oxygen atoms in total. The van der Waals surface area contributed by atoms with Crippen LogP contribution in [0.4, 0.5) is 4.39 Å². The number of nitrogens with one attached hydrogen (secondary N) is 1. The smallest absolute Gasteiger partial charge is 0.175 e. The molecule has 1 fully saturated rings. The van der Waals surface area contributed by atoms with Crippen molar-refractivity contribution in [3.05, 3.63) is 0 Å². The van der Waals surface area contributed by atoms with E-state index in [9.17, 15) is 9.18 Å². The first-order chi connectivity index (χ1) is 4.54. The van der Waals surface area contributed by atoms with Crippen molar-refractivity contribution in [3.63, 3.8) is 0 Å². The van der Waals surface area contributed by atoms with Gasteiger partial charge in [-0.15, -0.1) is 0 Å². The molecule has 0 bridgehead atoms. The van der Waals surface area contributed by atoms with E-state index >= 15 is 0 Å². The number of carbonyl (C=O) groups excluding carboxylic acids is 1. The second-order valence-electron chi connectivity index (χ2n) is 3.35. The second kappa shape index (κ2) is 2.31. The summed E-state index contributed by atoms with van der Waals surface area (Å²) in [5.41, 5.74) is -0.516. The van der Waals surface area contributed by atoms with Crippen molar-refractivity contribution in [2.75, 3.05) is 13.1 Å². The van der Waals surface area contributed by atoms with Gasteiger partial charge in [0.2, 0.25) is 0 Å². The fourth-order valence-corrected chi connectivity index (χ4v) is 1.12. The number of hydrogen-bond acceptors (Lipinski definition) is 2. The number of halogens is 1. The highest BCUT2D eigenvalue weighted by molar-refractivity contribution is 5.89. The highest BCUT2D eigenvalue weighted by Crippen LogP contribution is 2.21. The van der Waals surface area contributed by atoms with Gasteiger partial charge in [-0.1, -0.05) is 13.8 Å². The van der Waals surface area contributed by atoms with Gasteiger partial charge in [0.25, 0.3) is 0 Å². The molecule has 1 saturated heterocycles. The molecule has 0 amide bonds. The topological polar surface area (TPSA) is 29.1 Å². The summed E-state index contributed by atoms with van der Waals surface area (Å²) in [6, 6.07) is 0.